The van der Waals surface area contributed by atoms with Crippen LogP contribution in [0.25, 0.3) is 0 Å². The van der Waals surface area contributed by atoms with Crippen LogP contribution in [-0.2, 0) is 9.59 Å². The van der Waals surface area contributed by atoms with E-state index in [1.54, 1.807) is 11.0 Å². The van der Waals surface area contributed by atoms with Gasteiger partial charge in [0.2, 0.25) is 11.8 Å². The van der Waals surface area contributed by atoms with Gasteiger partial charge in [-0.3, -0.25) is 9.59 Å². The molecular weight excluding hydrogens is 216 g/mol. The lowest BCUT2D eigenvalue weighted by Crippen LogP contribution is -2.65. The zero-order valence-electron chi connectivity index (χ0n) is 10.5. The molecule has 0 spiro atoms. The van der Waals surface area contributed by atoms with Crippen LogP contribution in [0.2, 0.25) is 0 Å². The van der Waals surface area contributed by atoms with E-state index in [9.17, 15) is 9.59 Å². The standard InChI is InChI=1S/C13H20N2O2/c1-4-7-15-11(8(2)3)12(16)14-10(13(15)17)9-5-6-9/h4,8-11H,1,5-7H2,2-3H3,(H,14,16). The molecule has 94 valence electrons. The minimum atomic E-state index is -0.351. The monoisotopic (exact) mass is 236 g/mol. The van der Waals surface area contributed by atoms with Crippen molar-refractivity contribution in [3.8, 4) is 0 Å². The molecule has 0 aromatic carbocycles. The van der Waals surface area contributed by atoms with Gasteiger partial charge in [0.1, 0.15) is 12.1 Å². The molecule has 0 aromatic heterocycles. The van der Waals surface area contributed by atoms with Gasteiger partial charge < -0.3 is 10.2 Å². The molecule has 2 fully saturated rings. The fraction of sp³-hybridized carbons (Fsp3) is 0.692. The Morgan fingerprint density at radius 1 is 1.47 bits per heavy atom. The summed E-state index contributed by atoms with van der Waals surface area (Å²) in [5.74, 6) is 0.523. The Kier molecular flexibility index (Phi) is 3.22. The predicted molar refractivity (Wildman–Crippen MR) is 65.2 cm³/mol. The third kappa shape index (κ3) is 2.21. The zero-order chi connectivity index (χ0) is 12.6. The van der Waals surface area contributed by atoms with Crippen LogP contribution in [0, 0.1) is 11.8 Å². The van der Waals surface area contributed by atoms with Crippen molar-refractivity contribution in [2.24, 2.45) is 11.8 Å². The number of nitrogens with zero attached hydrogens (tertiary/aromatic N) is 1. The maximum atomic E-state index is 12.3. The molecule has 2 atom stereocenters. The Morgan fingerprint density at radius 2 is 2.12 bits per heavy atom. The van der Waals surface area contributed by atoms with Gasteiger partial charge in [-0.25, -0.2) is 0 Å². The summed E-state index contributed by atoms with van der Waals surface area (Å²) in [6.45, 7) is 8.05. The highest BCUT2D eigenvalue weighted by Gasteiger charge is 2.47. The molecule has 2 rings (SSSR count). The van der Waals surface area contributed by atoms with Gasteiger partial charge in [-0.1, -0.05) is 19.9 Å². The number of piperazine rings is 1. The minimum Gasteiger partial charge on any atom is -0.342 e. The van der Waals surface area contributed by atoms with E-state index in [0.717, 1.165) is 12.8 Å². The largest absolute Gasteiger partial charge is 0.342 e. The molecule has 17 heavy (non-hydrogen) atoms. The molecular formula is C13H20N2O2. The fourth-order valence-electron chi connectivity index (χ4n) is 2.51. The number of hydrogen-bond donors (Lipinski definition) is 1. The summed E-state index contributed by atoms with van der Waals surface area (Å²) in [5.41, 5.74) is 0. The second-order valence-electron chi connectivity index (χ2n) is 5.29. The highest BCUT2D eigenvalue weighted by molar-refractivity contribution is 5.97. The summed E-state index contributed by atoms with van der Waals surface area (Å²) < 4.78 is 0. The highest BCUT2D eigenvalue weighted by atomic mass is 16.2. The number of carbonyl (C=O) groups excluding carboxylic acids is 2. The molecule has 2 unspecified atom stereocenters. The number of nitrogens with one attached hydrogen (secondary N) is 1. The van der Waals surface area contributed by atoms with Gasteiger partial charge in [0.05, 0.1) is 0 Å². The molecule has 0 aromatic rings. The fourth-order valence-corrected chi connectivity index (χ4v) is 2.51. The first-order valence-electron chi connectivity index (χ1n) is 6.28. The normalized spacial score (nSPS) is 29.5. The Hall–Kier alpha value is -1.32. The summed E-state index contributed by atoms with van der Waals surface area (Å²) in [7, 11) is 0. The van der Waals surface area contributed by atoms with E-state index >= 15 is 0 Å². The average Bonchev–Trinajstić information content (AvgIpc) is 3.06. The molecule has 4 nitrogen and oxygen atoms in total. The maximum absolute atomic E-state index is 12.3. The van der Waals surface area contributed by atoms with Crippen molar-refractivity contribution in [3.63, 3.8) is 0 Å². The van der Waals surface area contributed by atoms with E-state index in [1.165, 1.54) is 0 Å². The van der Waals surface area contributed by atoms with Crippen LogP contribution in [0.15, 0.2) is 12.7 Å². The van der Waals surface area contributed by atoms with Crippen molar-refractivity contribution >= 4 is 11.8 Å². The quantitative estimate of drug-likeness (QED) is 0.738. The molecule has 4 heteroatoms. The average molecular weight is 236 g/mol. The molecule has 1 N–H and O–H groups in total. The third-order valence-corrected chi connectivity index (χ3v) is 3.50. The lowest BCUT2D eigenvalue weighted by Gasteiger charge is -2.40. The summed E-state index contributed by atoms with van der Waals surface area (Å²) in [6.07, 6.45) is 3.78. The van der Waals surface area contributed by atoms with Crippen molar-refractivity contribution in [2.75, 3.05) is 6.54 Å². The van der Waals surface area contributed by atoms with Crippen molar-refractivity contribution in [2.45, 2.75) is 38.8 Å². The number of amides is 2. The Morgan fingerprint density at radius 3 is 2.59 bits per heavy atom. The van der Waals surface area contributed by atoms with Crippen LogP contribution >= 0.6 is 0 Å². The van der Waals surface area contributed by atoms with Gasteiger partial charge in [-0.15, -0.1) is 6.58 Å². The SMILES string of the molecule is C=CCN1C(=O)C(C2CC2)NC(=O)C1C(C)C. The van der Waals surface area contributed by atoms with Crippen molar-refractivity contribution in [3.05, 3.63) is 12.7 Å². The lowest BCUT2D eigenvalue weighted by atomic mass is 9.95. The van der Waals surface area contributed by atoms with Crippen LogP contribution < -0.4 is 5.32 Å². The molecule has 1 saturated carbocycles. The Labute approximate surface area is 102 Å². The molecule has 1 aliphatic carbocycles. The Balaban J connectivity index is 2.21. The van der Waals surface area contributed by atoms with Crippen molar-refractivity contribution in [1.29, 1.82) is 0 Å². The molecule has 1 heterocycles. The van der Waals surface area contributed by atoms with Crippen molar-refractivity contribution in [1.82, 2.24) is 10.2 Å². The highest BCUT2D eigenvalue weighted by Crippen LogP contribution is 2.35. The van der Waals surface area contributed by atoms with E-state index in [4.69, 9.17) is 0 Å². The molecule has 0 radical (unpaired) electrons. The molecule has 2 amide bonds. The third-order valence-electron chi connectivity index (χ3n) is 3.50. The van der Waals surface area contributed by atoms with Crippen LogP contribution in [0.1, 0.15) is 26.7 Å². The molecule has 2 aliphatic rings. The van der Waals surface area contributed by atoms with Crippen LogP contribution in [0.5, 0.6) is 0 Å². The predicted octanol–water partition coefficient (Wildman–Crippen LogP) is 0.934. The van der Waals surface area contributed by atoms with E-state index in [-0.39, 0.29) is 29.8 Å². The first-order chi connectivity index (χ1) is 8.06. The summed E-state index contributed by atoms with van der Waals surface area (Å²) in [6, 6.07) is -0.645. The Bertz CT molecular complexity index is 347. The van der Waals surface area contributed by atoms with Gasteiger partial charge >= 0.3 is 0 Å². The smallest absolute Gasteiger partial charge is 0.246 e. The zero-order valence-corrected chi connectivity index (χ0v) is 10.5. The van der Waals surface area contributed by atoms with E-state index in [0.29, 0.717) is 12.5 Å². The van der Waals surface area contributed by atoms with Gasteiger partial charge in [0, 0.05) is 6.54 Å². The topological polar surface area (TPSA) is 49.4 Å². The summed E-state index contributed by atoms with van der Waals surface area (Å²) in [4.78, 5) is 26.1. The first-order valence-corrected chi connectivity index (χ1v) is 6.28. The molecule has 1 aliphatic heterocycles. The van der Waals surface area contributed by atoms with E-state index < -0.39 is 0 Å². The number of hydrogen-bond acceptors (Lipinski definition) is 2. The van der Waals surface area contributed by atoms with Crippen LogP contribution in [0.3, 0.4) is 0 Å². The minimum absolute atomic E-state index is 0.0154. The molecule has 1 saturated heterocycles. The first kappa shape index (κ1) is 12.1. The van der Waals surface area contributed by atoms with Crippen LogP contribution in [-0.4, -0.2) is 35.3 Å². The second kappa shape index (κ2) is 4.51. The summed E-state index contributed by atoms with van der Waals surface area (Å²) >= 11 is 0. The van der Waals surface area contributed by atoms with E-state index in [1.807, 2.05) is 13.8 Å². The second-order valence-corrected chi connectivity index (χ2v) is 5.29. The lowest BCUT2D eigenvalue weighted by molar-refractivity contribution is -0.151. The van der Waals surface area contributed by atoms with Crippen LogP contribution in [0.4, 0.5) is 0 Å². The van der Waals surface area contributed by atoms with E-state index in [2.05, 4.69) is 11.9 Å². The number of rotatable bonds is 4. The summed E-state index contributed by atoms with van der Waals surface area (Å²) in [5, 5.41) is 2.88. The number of carbonyl (C=O) groups is 2. The molecule has 0 bridgehead atoms. The van der Waals surface area contributed by atoms with Gasteiger partial charge in [0.25, 0.3) is 0 Å². The van der Waals surface area contributed by atoms with Crippen molar-refractivity contribution < 1.29 is 9.59 Å². The van der Waals surface area contributed by atoms with Gasteiger partial charge in [0.15, 0.2) is 0 Å². The maximum Gasteiger partial charge on any atom is 0.246 e. The van der Waals surface area contributed by atoms with Gasteiger partial charge in [-0.05, 0) is 24.7 Å². The van der Waals surface area contributed by atoms with Gasteiger partial charge in [-0.2, -0.15) is 0 Å².